The molecule has 1 rings (SSSR count). The molecular weight excluding hydrogens is 266 g/mol. The van der Waals surface area contributed by atoms with Gasteiger partial charge in [0.05, 0.1) is 18.8 Å². The first-order valence-corrected chi connectivity index (χ1v) is 6.65. The number of carbonyl (C=O) groups is 1. The number of hydrogen-bond donors (Lipinski definition) is 2. The van der Waals surface area contributed by atoms with E-state index in [1.54, 1.807) is 4.90 Å². The van der Waals surface area contributed by atoms with E-state index in [9.17, 15) is 13.6 Å². The predicted octanol–water partition coefficient (Wildman–Crippen LogP) is 2.00. The lowest BCUT2D eigenvalue weighted by molar-refractivity contribution is -0.117. The number of benzene rings is 1. The molecule has 0 radical (unpaired) electrons. The van der Waals surface area contributed by atoms with Gasteiger partial charge in [-0.15, -0.1) is 0 Å². The number of halogens is 2. The maximum Gasteiger partial charge on any atom is 0.238 e. The Morgan fingerprint density at radius 1 is 1.35 bits per heavy atom. The Morgan fingerprint density at radius 2 is 2.10 bits per heavy atom. The lowest BCUT2D eigenvalue weighted by Crippen LogP contribution is -2.36. The summed E-state index contributed by atoms with van der Waals surface area (Å²) in [5.74, 6) is -1.88. The second-order valence-corrected chi connectivity index (χ2v) is 4.53. The lowest BCUT2D eigenvalue weighted by atomic mass is 10.3. The summed E-state index contributed by atoms with van der Waals surface area (Å²) < 4.78 is 26.1. The van der Waals surface area contributed by atoms with Crippen LogP contribution in [0.4, 0.5) is 14.5 Å². The topological polar surface area (TPSA) is 52.6 Å². The van der Waals surface area contributed by atoms with Gasteiger partial charge in [0.2, 0.25) is 5.91 Å². The maximum absolute atomic E-state index is 13.4. The minimum Gasteiger partial charge on any atom is -0.395 e. The van der Waals surface area contributed by atoms with Crippen LogP contribution >= 0.6 is 0 Å². The SMILES string of the molecule is CCCCN(CCO)CC(=O)Nc1ccc(F)cc1F. The van der Waals surface area contributed by atoms with Gasteiger partial charge in [-0.25, -0.2) is 8.78 Å². The molecule has 0 aliphatic carbocycles. The van der Waals surface area contributed by atoms with Crippen LogP contribution in [0.2, 0.25) is 0 Å². The van der Waals surface area contributed by atoms with E-state index in [0.717, 1.165) is 25.0 Å². The van der Waals surface area contributed by atoms with Gasteiger partial charge < -0.3 is 10.4 Å². The molecule has 1 aromatic carbocycles. The van der Waals surface area contributed by atoms with Crippen molar-refractivity contribution in [3.05, 3.63) is 29.8 Å². The monoisotopic (exact) mass is 286 g/mol. The van der Waals surface area contributed by atoms with Crippen LogP contribution in [0, 0.1) is 11.6 Å². The smallest absolute Gasteiger partial charge is 0.238 e. The van der Waals surface area contributed by atoms with Crippen LogP contribution in [0.3, 0.4) is 0 Å². The lowest BCUT2D eigenvalue weighted by Gasteiger charge is -2.20. The Morgan fingerprint density at radius 3 is 2.70 bits per heavy atom. The molecule has 0 aromatic heterocycles. The molecule has 0 fully saturated rings. The molecule has 6 heteroatoms. The molecule has 1 amide bonds. The van der Waals surface area contributed by atoms with E-state index in [2.05, 4.69) is 5.32 Å². The molecule has 0 bridgehead atoms. The van der Waals surface area contributed by atoms with Gasteiger partial charge in [-0.2, -0.15) is 0 Å². The first kappa shape index (κ1) is 16.5. The molecule has 0 heterocycles. The number of nitrogens with zero attached hydrogens (tertiary/aromatic N) is 1. The fraction of sp³-hybridized carbons (Fsp3) is 0.500. The summed E-state index contributed by atoms with van der Waals surface area (Å²) in [5.41, 5.74) is -0.0455. The van der Waals surface area contributed by atoms with E-state index in [0.29, 0.717) is 13.1 Å². The summed E-state index contributed by atoms with van der Waals surface area (Å²) in [7, 11) is 0. The van der Waals surface area contributed by atoms with Crippen LogP contribution in [0.25, 0.3) is 0 Å². The Bertz CT molecular complexity index is 441. The van der Waals surface area contributed by atoms with Gasteiger partial charge in [-0.3, -0.25) is 9.69 Å². The number of carbonyl (C=O) groups excluding carboxylic acids is 1. The summed E-state index contributed by atoms with van der Waals surface area (Å²) in [5, 5.41) is 11.3. The van der Waals surface area contributed by atoms with E-state index in [-0.39, 0.29) is 24.7 Å². The second kappa shape index (κ2) is 8.60. The van der Waals surface area contributed by atoms with Crippen molar-refractivity contribution in [2.45, 2.75) is 19.8 Å². The molecule has 0 aliphatic heterocycles. The normalized spacial score (nSPS) is 10.8. The summed E-state index contributed by atoms with van der Waals surface area (Å²) in [4.78, 5) is 13.6. The number of aliphatic hydroxyl groups is 1. The molecule has 112 valence electrons. The molecule has 1 aromatic rings. The number of amides is 1. The highest BCUT2D eigenvalue weighted by Crippen LogP contribution is 2.14. The van der Waals surface area contributed by atoms with Crippen LogP contribution < -0.4 is 5.32 Å². The number of hydrogen-bond acceptors (Lipinski definition) is 3. The maximum atomic E-state index is 13.4. The summed E-state index contributed by atoms with van der Waals surface area (Å²) >= 11 is 0. The van der Waals surface area contributed by atoms with Gasteiger partial charge in [0, 0.05) is 12.6 Å². The van der Waals surface area contributed by atoms with Gasteiger partial charge in [0.25, 0.3) is 0 Å². The minimum atomic E-state index is -0.805. The van der Waals surface area contributed by atoms with Gasteiger partial charge in [-0.1, -0.05) is 13.3 Å². The van der Waals surface area contributed by atoms with Gasteiger partial charge >= 0.3 is 0 Å². The Labute approximate surface area is 117 Å². The summed E-state index contributed by atoms with van der Waals surface area (Å²) in [6, 6.07) is 2.99. The number of unbranched alkanes of at least 4 members (excludes halogenated alkanes) is 1. The first-order valence-electron chi connectivity index (χ1n) is 6.65. The predicted molar refractivity (Wildman–Crippen MR) is 73.4 cm³/mol. The molecule has 20 heavy (non-hydrogen) atoms. The molecule has 2 N–H and O–H groups in total. The van der Waals surface area contributed by atoms with Crippen LogP contribution in [0.5, 0.6) is 0 Å². The van der Waals surface area contributed by atoms with Crippen molar-refractivity contribution in [3.8, 4) is 0 Å². The fourth-order valence-corrected chi connectivity index (χ4v) is 1.78. The Hall–Kier alpha value is -1.53. The first-order chi connectivity index (χ1) is 9.56. The van der Waals surface area contributed by atoms with Crippen molar-refractivity contribution in [2.24, 2.45) is 0 Å². The highest BCUT2D eigenvalue weighted by Gasteiger charge is 2.12. The third-order valence-corrected chi connectivity index (χ3v) is 2.82. The number of anilines is 1. The number of rotatable bonds is 8. The van der Waals surface area contributed by atoms with Crippen LogP contribution in [0.15, 0.2) is 18.2 Å². The molecule has 0 saturated carbocycles. The molecule has 0 spiro atoms. The van der Waals surface area contributed by atoms with Crippen molar-refractivity contribution in [1.29, 1.82) is 0 Å². The Balaban J connectivity index is 2.55. The summed E-state index contributed by atoms with van der Waals surface area (Å²) in [6.07, 6.45) is 1.90. The molecule has 0 atom stereocenters. The largest absolute Gasteiger partial charge is 0.395 e. The van der Waals surface area contributed by atoms with Gasteiger partial charge in [0.15, 0.2) is 0 Å². The fourth-order valence-electron chi connectivity index (χ4n) is 1.78. The average molecular weight is 286 g/mol. The zero-order valence-electron chi connectivity index (χ0n) is 11.5. The zero-order valence-corrected chi connectivity index (χ0v) is 11.5. The van der Waals surface area contributed by atoms with Crippen LogP contribution in [-0.2, 0) is 4.79 Å². The van der Waals surface area contributed by atoms with E-state index in [4.69, 9.17) is 5.11 Å². The van der Waals surface area contributed by atoms with Gasteiger partial charge in [0.1, 0.15) is 11.6 Å². The molecule has 0 saturated heterocycles. The zero-order chi connectivity index (χ0) is 15.0. The second-order valence-electron chi connectivity index (χ2n) is 4.53. The quantitative estimate of drug-likeness (QED) is 0.768. The third kappa shape index (κ3) is 5.63. The molecule has 4 nitrogen and oxygen atoms in total. The van der Waals surface area contributed by atoms with Crippen molar-refractivity contribution in [1.82, 2.24) is 4.90 Å². The van der Waals surface area contributed by atoms with Crippen LogP contribution in [0.1, 0.15) is 19.8 Å². The summed E-state index contributed by atoms with van der Waals surface area (Å²) in [6.45, 7) is 3.14. The molecular formula is C14H20F2N2O2. The Kier molecular flexibility index (Phi) is 7.11. The molecule has 0 aliphatic rings. The van der Waals surface area contributed by atoms with E-state index in [1.165, 1.54) is 6.07 Å². The van der Waals surface area contributed by atoms with E-state index >= 15 is 0 Å². The van der Waals surface area contributed by atoms with E-state index < -0.39 is 11.6 Å². The van der Waals surface area contributed by atoms with Crippen molar-refractivity contribution in [3.63, 3.8) is 0 Å². The number of aliphatic hydroxyl groups excluding tert-OH is 1. The third-order valence-electron chi connectivity index (χ3n) is 2.82. The van der Waals surface area contributed by atoms with E-state index in [1.807, 2.05) is 6.92 Å². The molecule has 0 unspecified atom stereocenters. The van der Waals surface area contributed by atoms with Crippen LogP contribution in [-0.4, -0.2) is 42.2 Å². The van der Waals surface area contributed by atoms with Crippen molar-refractivity contribution >= 4 is 11.6 Å². The highest BCUT2D eigenvalue weighted by molar-refractivity contribution is 5.92. The van der Waals surface area contributed by atoms with Crippen molar-refractivity contribution in [2.75, 3.05) is 31.6 Å². The average Bonchev–Trinajstić information content (AvgIpc) is 2.39. The standard InChI is InChI=1S/C14H20F2N2O2/c1-2-3-6-18(7-8-19)10-14(20)17-13-5-4-11(15)9-12(13)16/h4-5,9,19H,2-3,6-8,10H2,1H3,(H,17,20). The minimum absolute atomic E-state index is 0.0398. The van der Waals surface area contributed by atoms with Gasteiger partial charge in [-0.05, 0) is 25.1 Å². The highest BCUT2D eigenvalue weighted by atomic mass is 19.1. The number of nitrogens with one attached hydrogen (secondary N) is 1. The van der Waals surface area contributed by atoms with Crippen molar-refractivity contribution < 1.29 is 18.7 Å².